The Morgan fingerprint density at radius 1 is 1.15 bits per heavy atom. The number of aromatic nitrogens is 2. The van der Waals surface area contributed by atoms with Crippen molar-refractivity contribution in [3.05, 3.63) is 94.9 Å². The number of rotatable bonds is 6. The molecule has 9 heteroatoms. The number of carbonyl (C=O) groups is 1. The van der Waals surface area contributed by atoms with E-state index in [2.05, 4.69) is 15.5 Å². The molecule has 0 bridgehead atoms. The lowest BCUT2D eigenvalue weighted by Gasteiger charge is -2.34. The van der Waals surface area contributed by atoms with Gasteiger partial charge in [0.15, 0.2) is 0 Å². The van der Waals surface area contributed by atoms with Crippen molar-refractivity contribution in [2.24, 2.45) is 0 Å². The fraction of sp³-hybridized carbons (Fsp3) is 0.160. The summed E-state index contributed by atoms with van der Waals surface area (Å²) in [5.41, 5.74) is 2.94. The van der Waals surface area contributed by atoms with E-state index < -0.39 is 6.04 Å². The summed E-state index contributed by atoms with van der Waals surface area (Å²) >= 11 is 6.25. The topological polar surface area (TPSA) is 93.6 Å². The molecule has 2 amide bonds. The number of allylic oxidation sites excluding steroid dienone is 1. The third kappa shape index (κ3) is 4.15. The highest BCUT2D eigenvalue weighted by molar-refractivity contribution is 6.30. The van der Waals surface area contributed by atoms with Crippen LogP contribution in [0.1, 0.15) is 30.2 Å². The number of halogens is 1. The largest absolute Gasteiger partial charge is 0.497 e. The molecule has 172 valence electrons. The van der Waals surface area contributed by atoms with Gasteiger partial charge in [-0.3, -0.25) is 4.90 Å². The number of furan rings is 1. The zero-order valence-electron chi connectivity index (χ0n) is 18.5. The molecule has 0 spiro atoms. The molecule has 2 aromatic heterocycles. The first-order chi connectivity index (χ1) is 16.5. The third-order valence-corrected chi connectivity index (χ3v) is 5.91. The van der Waals surface area contributed by atoms with Gasteiger partial charge in [-0.15, -0.1) is 0 Å². The predicted molar refractivity (Wildman–Crippen MR) is 126 cm³/mol. The summed E-state index contributed by atoms with van der Waals surface area (Å²) in [5, 5.41) is 7.79. The van der Waals surface area contributed by atoms with Gasteiger partial charge >= 0.3 is 6.03 Å². The molecule has 8 nitrogen and oxygen atoms in total. The van der Waals surface area contributed by atoms with Crippen LogP contribution < -0.4 is 10.1 Å². The van der Waals surface area contributed by atoms with Crippen molar-refractivity contribution in [3.8, 4) is 17.1 Å². The molecule has 0 aliphatic carbocycles. The molecule has 1 aliphatic rings. The van der Waals surface area contributed by atoms with E-state index in [1.165, 1.54) is 0 Å². The average Bonchev–Trinajstić information content (AvgIpc) is 3.54. The first kappa shape index (κ1) is 21.8. The van der Waals surface area contributed by atoms with Crippen LogP contribution in [0.25, 0.3) is 17.0 Å². The van der Waals surface area contributed by atoms with Crippen LogP contribution >= 0.6 is 11.6 Å². The van der Waals surface area contributed by atoms with Crippen LogP contribution in [0.5, 0.6) is 5.75 Å². The van der Waals surface area contributed by atoms with Crippen molar-refractivity contribution in [1.82, 2.24) is 20.4 Å². The zero-order valence-corrected chi connectivity index (χ0v) is 19.2. The van der Waals surface area contributed by atoms with Gasteiger partial charge in [0.2, 0.25) is 5.82 Å². The maximum absolute atomic E-state index is 13.1. The number of nitrogens with zero attached hydrogens (tertiary/aromatic N) is 3. The Balaban J connectivity index is 1.58. The summed E-state index contributed by atoms with van der Waals surface area (Å²) in [6.45, 7) is 2.11. The predicted octanol–water partition coefficient (Wildman–Crippen LogP) is 5.69. The molecular weight excluding hydrogens is 456 g/mol. The number of hydrogen-bond acceptors (Lipinski definition) is 6. The molecule has 1 aliphatic heterocycles. The van der Waals surface area contributed by atoms with Crippen molar-refractivity contribution in [1.29, 1.82) is 0 Å². The van der Waals surface area contributed by atoms with E-state index in [1.807, 2.05) is 55.5 Å². The lowest BCUT2D eigenvalue weighted by Crippen LogP contribution is -2.45. The van der Waals surface area contributed by atoms with Crippen LogP contribution in [0, 0.1) is 0 Å². The third-order valence-electron chi connectivity index (χ3n) is 5.68. The Kier molecular flexibility index (Phi) is 5.81. The molecule has 0 saturated heterocycles. The van der Waals surface area contributed by atoms with Crippen LogP contribution in [0.4, 0.5) is 4.79 Å². The number of nitrogens with one attached hydrogen (secondary N) is 1. The second kappa shape index (κ2) is 9.07. The Hall–Kier alpha value is -4.04. The van der Waals surface area contributed by atoms with Crippen molar-refractivity contribution in [2.45, 2.75) is 19.5 Å². The van der Waals surface area contributed by atoms with Crippen LogP contribution in [0.2, 0.25) is 5.02 Å². The van der Waals surface area contributed by atoms with Gasteiger partial charge in [-0.1, -0.05) is 28.9 Å². The highest BCUT2D eigenvalue weighted by Crippen LogP contribution is 2.38. The van der Waals surface area contributed by atoms with Crippen molar-refractivity contribution >= 4 is 23.2 Å². The minimum Gasteiger partial charge on any atom is -0.497 e. The van der Waals surface area contributed by atoms with E-state index in [0.29, 0.717) is 33.8 Å². The molecule has 1 N–H and O–H groups in total. The molecule has 3 heterocycles. The number of methoxy groups -OCH3 is 1. The van der Waals surface area contributed by atoms with E-state index in [9.17, 15) is 4.79 Å². The van der Waals surface area contributed by atoms with Gasteiger partial charge in [0, 0.05) is 16.3 Å². The second-order valence-electron chi connectivity index (χ2n) is 7.75. The van der Waals surface area contributed by atoms with Gasteiger partial charge < -0.3 is 19.0 Å². The van der Waals surface area contributed by atoms with Crippen molar-refractivity contribution < 1.29 is 18.5 Å². The van der Waals surface area contributed by atoms with E-state index in [0.717, 1.165) is 16.9 Å². The Labute approximate surface area is 200 Å². The average molecular weight is 477 g/mol. The van der Waals surface area contributed by atoms with Crippen molar-refractivity contribution in [3.63, 3.8) is 0 Å². The number of hydrogen-bond donors (Lipinski definition) is 1. The van der Waals surface area contributed by atoms with Gasteiger partial charge in [0.25, 0.3) is 5.89 Å². The first-order valence-electron chi connectivity index (χ1n) is 10.6. The zero-order chi connectivity index (χ0) is 23.7. The summed E-state index contributed by atoms with van der Waals surface area (Å²) in [6.07, 6.45) is 1.57. The van der Waals surface area contributed by atoms with E-state index >= 15 is 0 Å². The van der Waals surface area contributed by atoms with Crippen LogP contribution in [-0.4, -0.2) is 28.2 Å². The monoisotopic (exact) mass is 476 g/mol. The molecule has 1 unspecified atom stereocenters. The van der Waals surface area contributed by atoms with Gasteiger partial charge in [-0.2, -0.15) is 4.98 Å². The SMILES string of the molecule is COc1ccc(-c2noc(C3=C(C)N(Cc4ccco4)C(=O)NC3c3cccc(Cl)c3)n2)cc1. The van der Waals surface area contributed by atoms with E-state index in [-0.39, 0.29) is 12.6 Å². The summed E-state index contributed by atoms with van der Waals surface area (Å²) in [5.74, 6) is 2.12. The Morgan fingerprint density at radius 3 is 2.68 bits per heavy atom. The standard InChI is InChI=1S/C25H21ClN4O4/c1-15-21(24-28-23(29-34-24)16-8-10-19(32-2)11-9-16)22(17-5-3-6-18(26)13-17)27-25(31)30(15)14-20-7-4-12-33-20/h3-13,22H,14H2,1-2H3,(H,27,31). The Morgan fingerprint density at radius 2 is 1.97 bits per heavy atom. The number of ether oxygens (including phenoxy) is 1. The number of urea groups is 1. The molecule has 0 radical (unpaired) electrons. The minimum absolute atomic E-state index is 0.260. The van der Waals surface area contributed by atoms with Gasteiger partial charge in [-0.25, -0.2) is 4.79 Å². The molecule has 0 fully saturated rings. The number of carbonyl (C=O) groups excluding carboxylic acids is 1. The molecule has 1 atom stereocenters. The molecule has 2 aromatic carbocycles. The minimum atomic E-state index is -0.525. The summed E-state index contributed by atoms with van der Waals surface area (Å²) in [4.78, 5) is 19.3. The van der Waals surface area contributed by atoms with Crippen LogP contribution in [0.3, 0.4) is 0 Å². The summed E-state index contributed by atoms with van der Waals surface area (Å²) in [6, 6.07) is 17.5. The molecule has 5 rings (SSSR count). The normalized spacial score (nSPS) is 16.0. The van der Waals surface area contributed by atoms with E-state index in [4.69, 9.17) is 25.3 Å². The van der Waals surface area contributed by atoms with Gasteiger partial charge in [0.1, 0.15) is 11.5 Å². The first-order valence-corrected chi connectivity index (χ1v) is 11.0. The second-order valence-corrected chi connectivity index (χ2v) is 8.19. The Bertz CT molecular complexity index is 1350. The summed E-state index contributed by atoms with van der Waals surface area (Å²) < 4.78 is 16.4. The number of benzene rings is 2. The molecule has 4 aromatic rings. The quantitative estimate of drug-likeness (QED) is 0.384. The lowest BCUT2D eigenvalue weighted by molar-refractivity contribution is 0.199. The number of amides is 2. The fourth-order valence-corrected chi connectivity index (χ4v) is 4.13. The van der Waals surface area contributed by atoms with Crippen LogP contribution in [-0.2, 0) is 6.54 Å². The summed E-state index contributed by atoms with van der Waals surface area (Å²) in [7, 11) is 1.61. The van der Waals surface area contributed by atoms with E-state index in [1.54, 1.807) is 30.4 Å². The fourth-order valence-electron chi connectivity index (χ4n) is 3.93. The highest BCUT2D eigenvalue weighted by Gasteiger charge is 2.36. The highest BCUT2D eigenvalue weighted by atomic mass is 35.5. The maximum atomic E-state index is 13.1. The molecule has 34 heavy (non-hydrogen) atoms. The van der Waals surface area contributed by atoms with Gasteiger partial charge in [-0.05, 0) is 61.0 Å². The van der Waals surface area contributed by atoms with Gasteiger partial charge in [0.05, 0.1) is 31.5 Å². The lowest BCUT2D eigenvalue weighted by atomic mass is 9.94. The van der Waals surface area contributed by atoms with Crippen LogP contribution in [0.15, 0.2) is 81.6 Å². The molecular formula is C25H21ClN4O4. The smallest absolute Gasteiger partial charge is 0.322 e. The van der Waals surface area contributed by atoms with Crippen molar-refractivity contribution in [2.75, 3.05) is 7.11 Å². The molecule has 0 saturated carbocycles. The maximum Gasteiger partial charge on any atom is 0.322 e.